The maximum absolute atomic E-state index is 5.76. The molecule has 0 N–H and O–H groups in total. The monoisotopic (exact) mass is 293 g/mol. The van der Waals surface area contributed by atoms with Crippen molar-refractivity contribution in [1.82, 2.24) is 14.8 Å². The highest BCUT2D eigenvalue weighted by Gasteiger charge is 2.22. The van der Waals surface area contributed by atoms with Gasteiger partial charge in [0.15, 0.2) is 5.89 Å². The molecule has 0 saturated carbocycles. The maximum atomic E-state index is 5.76. The highest BCUT2D eigenvalue weighted by Crippen LogP contribution is 2.16. The Bertz CT molecular complexity index is 454. The molecule has 0 spiro atoms. The summed E-state index contributed by atoms with van der Waals surface area (Å²) < 4.78 is 11.3. The number of nitrogens with zero attached hydrogens (tertiary/aromatic N) is 3. The summed E-state index contributed by atoms with van der Waals surface area (Å²) in [6.45, 7) is 11.5. The molecule has 0 radical (unpaired) electrons. The van der Waals surface area contributed by atoms with E-state index in [0.29, 0.717) is 6.10 Å². The molecule has 1 aromatic heterocycles. The lowest BCUT2D eigenvalue weighted by molar-refractivity contribution is 0.0742. The topological polar surface area (TPSA) is 41.7 Å². The Hall–Kier alpha value is -0.910. The summed E-state index contributed by atoms with van der Waals surface area (Å²) in [6.07, 6.45) is 4.16. The molecule has 1 aromatic rings. The molecule has 1 unspecified atom stereocenters. The number of hydrogen-bond donors (Lipinski definition) is 0. The van der Waals surface area contributed by atoms with Crippen molar-refractivity contribution in [2.24, 2.45) is 0 Å². The van der Waals surface area contributed by atoms with Crippen molar-refractivity contribution in [3.8, 4) is 0 Å². The lowest BCUT2D eigenvalue weighted by Gasteiger charge is -2.23. The van der Waals surface area contributed by atoms with E-state index in [1.807, 2.05) is 13.8 Å². The fourth-order valence-electron chi connectivity index (χ4n) is 3.37. The molecule has 5 heteroatoms. The van der Waals surface area contributed by atoms with Crippen LogP contribution in [0.5, 0.6) is 0 Å². The van der Waals surface area contributed by atoms with Gasteiger partial charge >= 0.3 is 0 Å². The van der Waals surface area contributed by atoms with Crippen molar-refractivity contribution in [3.05, 3.63) is 17.3 Å². The first-order chi connectivity index (χ1) is 10.2. The molecule has 2 fully saturated rings. The summed E-state index contributed by atoms with van der Waals surface area (Å²) in [6, 6.07) is 0. The average molecular weight is 293 g/mol. The predicted octanol–water partition coefficient (Wildman–Crippen LogP) is 1.98. The van der Waals surface area contributed by atoms with Crippen molar-refractivity contribution in [3.63, 3.8) is 0 Å². The van der Waals surface area contributed by atoms with Crippen molar-refractivity contribution < 1.29 is 9.15 Å². The third kappa shape index (κ3) is 4.05. The van der Waals surface area contributed by atoms with Gasteiger partial charge in [0.1, 0.15) is 5.76 Å². The molecule has 2 aliphatic heterocycles. The second-order valence-corrected chi connectivity index (χ2v) is 6.30. The quantitative estimate of drug-likeness (QED) is 0.849. The van der Waals surface area contributed by atoms with E-state index in [2.05, 4.69) is 14.8 Å². The summed E-state index contributed by atoms with van der Waals surface area (Å²) in [4.78, 5) is 9.56. The Kier molecular flexibility index (Phi) is 4.93. The summed E-state index contributed by atoms with van der Waals surface area (Å²) >= 11 is 0. The smallest absolute Gasteiger partial charge is 0.191 e. The van der Waals surface area contributed by atoms with E-state index >= 15 is 0 Å². The Balaban J connectivity index is 1.49. The predicted molar refractivity (Wildman–Crippen MR) is 81.3 cm³/mol. The standard InChI is InChI=1S/C16H27N3O2/c1-13-16(17-14(2)21-13)12-19-7-4-6-18(8-9-19)11-15-5-3-10-20-15/h15H,3-12H2,1-2H3. The van der Waals surface area contributed by atoms with Crippen LogP contribution in [0.3, 0.4) is 0 Å². The zero-order valence-electron chi connectivity index (χ0n) is 13.3. The number of oxazole rings is 1. The zero-order valence-corrected chi connectivity index (χ0v) is 13.3. The number of aromatic nitrogens is 1. The van der Waals surface area contributed by atoms with E-state index < -0.39 is 0 Å². The van der Waals surface area contributed by atoms with Gasteiger partial charge in [-0.15, -0.1) is 0 Å². The maximum Gasteiger partial charge on any atom is 0.191 e. The average Bonchev–Trinajstić information content (AvgIpc) is 2.99. The Morgan fingerprint density at radius 3 is 2.62 bits per heavy atom. The first kappa shape index (κ1) is 15.0. The van der Waals surface area contributed by atoms with E-state index in [1.165, 1.54) is 25.8 Å². The fraction of sp³-hybridized carbons (Fsp3) is 0.812. The number of rotatable bonds is 4. The van der Waals surface area contributed by atoms with Gasteiger partial charge < -0.3 is 9.15 Å². The molecule has 3 rings (SSSR count). The van der Waals surface area contributed by atoms with Crippen LogP contribution in [0.1, 0.15) is 36.6 Å². The minimum atomic E-state index is 0.469. The Labute approximate surface area is 127 Å². The van der Waals surface area contributed by atoms with Gasteiger partial charge in [-0.1, -0.05) is 0 Å². The van der Waals surface area contributed by atoms with Crippen LogP contribution in [0, 0.1) is 13.8 Å². The number of aryl methyl sites for hydroxylation is 2. The van der Waals surface area contributed by atoms with E-state index in [-0.39, 0.29) is 0 Å². The van der Waals surface area contributed by atoms with E-state index in [0.717, 1.165) is 56.7 Å². The van der Waals surface area contributed by atoms with Crippen LogP contribution in [0.25, 0.3) is 0 Å². The van der Waals surface area contributed by atoms with Gasteiger partial charge in [-0.3, -0.25) is 9.80 Å². The molecular weight excluding hydrogens is 266 g/mol. The molecule has 21 heavy (non-hydrogen) atoms. The van der Waals surface area contributed by atoms with Crippen molar-refractivity contribution in [2.75, 3.05) is 39.3 Å². The molecule has 2 aliphatic rings. The van der Waals surface area contributed by atoms with Crippen LogP contribution in [-0.4, -0.2) is 60.2 Å². The van der Waals surface area contributed by atoms with Crippen LogP contribution in [0.2, 0.25) is 0 Å². The highest BCUT2D eigenvalue weighted by molar-refractivity contribution is 5.07. The lowest BCUT2D eigenvalue weighted by atomic mass is 10.2. The first-order valence-corrected chi connectivity index (χ1v) is 8.20. The molecule has 0 bridgehead atoms. The number of ether oxygens (including phenoxy) is 1. The SMILES string of the molecule is Cc1nc(CN2CCCN(CC3CCCO3)CC2)c(C)o1. The van der Waals surface area contributed by atoms with Crippen LogP contribution >= 0.6 is 0 Å². The Morgan fingerprint density at radius 2 is 1.90 bits per heavy atom. The zero-order chi connectivity index (χ0) is 14.7. The van der Waals surface area contributed by atoms with Gasteiger partial charge in [-0.2, -0.15) is 0 Å². The molecule has 0 aliphatic carbocycles. The molecule has 0 aromatic carbocycles. The molecule has 0 amide bonds. The van der Waals surface area contributed by atoms with Crippen molar-refractivity contribution in [2.45, 2.75) is 45.8 Å². The van der Waals surface area contributed by atoms with E-state index in [9.17, 15) is 0 Å². The van der Waals surface area contributed by atoms with Gasteiger partial charge in [0, 0.05) is 39.7 Å². The summed E-state index contributed by atoms with van der Waals surface area (Å²) in [5.74, 6) is 1.74. The largest absolute Gasteiger partial charge is 0.446 e. The van der Waals surface area contributed by atoms with Gasteiger partial charge in [0.05, 0.1) is 11.8 Å². The number of hydrogen-bond acceptors (Lipinski definition) is 5. The van der Waals surface area contributed by atoms with E-state index in [1.54, 1.807) is 0 Å². The summed E-state index contributed by atoms with van der Waals surface area (Å²) in [7, 11) is 0. The first-order valence-electron chi connectivity index (χ1n) is 8.20. The van der Waals surface area contributed by atoms with Gasteiger partial charge in [0.2, 0.25) is 0 Å². The third-order valence-corrected chi connectivity index (χ3v) is 4.54. The minimum absolute atomic E-state index is 0.469. The summed E-state index contributed by atoms with van der Waals surface area (Å²) in [5, 5.41) is 0. The second kappa shape index (κ2) is 6.90. The lowest BCUT2D eigenvalue weighted by Crippen LogP contribution is -2.35. The van der Waals surface area contributed by atoms with Gasteiger partial charge in [-0.25, -0.2) is 4.98 Å². The molecule has 5 nitrogen and oxygen atoms in total. The van der Waals surface area contributed by atoms with Gasteiger partial charge in [-0.05, 0) is 39.3 Å². The molecule has 2 saturated heterocycles. The molecular formula is C16H27N3O2. The van der Waals surface area contributed by atoms with Crippen molar-refractivity contribution >= 4 is 0 Å². The Morgan fingerprint density at radius 1 is 1.10 bits per heavy atom. The summed E-state index contributed by atoms with van der Waals surface area (Å²) in [5.41, 5.74) is 1.10. The van der Waals surface area contributed by atoms with Crippen LogP contribution < -0.4 is 0 Å². The molecule has 3 heterocycles. The van der Waals surface area contributed by atoms with Crippen LogP contribution in [0.4, 0.5) is 0 Å². The minimum Gasteiger partial charge on any atom is -0.446 e. The van der Waals surface area contributed by atoms with Gasteiger partial charge in [0.25, 0.3) is 0 Å². The van der Waals surface area contributed by atoms with Crippen molar-refractivity contribution in [1.29, 1.82) is 0 Å². The fourth-order valence-corrected chi connectivity index (χ4v) is 3.37. The normalized spacial score (nSPS) is 25.3. The van der Waals surface area contributed by atoms with Crippen LogP contribution in [-0.2, 0) is 11.3 Å². The second-order valence-electron chi connectivity index (χ2n) is 6.30. The van der Waals surface area contributed by atoms with E-state index in [4.69, 9.17) is 9.15 Å². The van der Waals surface area contributed by atoms with Crippen LogP contribution in [0.15, 0.2) is 4.42 Å². The molecule has 1 atom stereocenters. The third-order valence-electron chi connectivity index (χ3n) is 4.54. The molecule has 118 valence electrons. The highest BCUT2D eigenvalue weighted by atomic mass is 16.5.